The minimum atomic E-state index is -1.43. The molecule has 15 heteroatoms. The van der Waals surface area contributed by atoms with Gasteiger partial charge in [0.1, 0.15) is 34.5 Å². The number of allylic oxidation sites excluding steroid dienone is 1. The molecule has 2 aliphatic heterocycles. The number of imidazole rings is 1. The first kappa shape index (κ1) is 33.0. The normalized spacial score (nSPS) is 27.9. The van der Waals surface area contributed by atoms with Crippen molar-refractivity contribution in [1.29, 1.82) is 0 Å². The van der Waals surface area contributed by atoms with Crippen LogP contribution in [0, 0.1) is 5.92 Å². The van der Waals surface area contributed by atoms with E-state index < -0.39 is 47.6 Å². The number of carbonyl (C=O) groups is 4. The molecule has 0 unspecified atom stereocenters. The third-order valence-electron chi connectivity index (χ3n) is 10.1. The largest absolute Gasteiger partial charge is 0.479 e. The van der Waals surface area contributed by atoms with E-state index in [0.29, 0.717) is 40.6 Å². The predicted molar refractivity (Wildman–Crippen MR) is 179 cm³/mol. The summed E-state index contributed by atoms with van der Waals surface area (Å²) in [6, 6.07) is -0.0960. The Balaban J connectivity index is 1.18. The van der Waals surface area contributed by atoms with Crippen LogP contribution in [0.3, 0.4) is 0 Å². The van der Waals surface area contributed by atoms with E-state index >= 15 is 0 Å². The molecule has 3 N–H and O–H groups in total. The number of aliphatic carboxylic acids is 1. The number of rotatable bonds is 6. The van der Waals surface area contributed by atoms with Gasteiger partial charge in [-0.25, -0.2) is 19.6 Å². The number of fused-ring (bicyclic) bond motifs is 3. The van der Waals surface area contributed by atoms with E-state index in [1.165, 1.54) is 16.2 Å². The van der Waals surface area contributed by atoms with Crippen LogP contribution in [0.2, 0.25) is 0 Å². The van der Waals surface area contributed by atoms with Crippen LogP contribution in [0.4, 0.5) is 4.79 Å². The van der Waals surface area contributed by atoms with Gasteiger partial charge in [-0.2, -0.15) is 4.98 Å². The molecule has 3 aromatic heterocycles. The number of carbonyl (C=O) groups excluding carboxylic acids is 3. The van der Waals surface area contributed by atoms with E-state index in [1.54, 1.807) is 17.0 Å². The Morgan fingerprint density at radius 1 is 1.10 bits per heavy atom. The zero-order valence-corrected chi connectivity index (χ0v) is 28.2. The van der Waals surface area contributed by atoms with Gasteiger partial charge in [0.2, 0.25) is 17.7 Å². The second-order valence-electron chi connectivity index (χ2n) is 13.5. The van der Waals surface area contributed by atoms with Crippen LogP contribution in [0.1, 0.15) is 70.6 Å². The van der Waals surface area contributed by atoms with Crippen molar-refractivity contribution in [2.24, 2.45) is 13.0 Å². The Morgan fingerprint density at radius 2 is 1.92 bits per heavy atom. The molecule has 260 valence electrons. The summed E-state index contributed by atoms with van der Waals surface area (Å²) >= 11 is 1.41. The van der Waals surface area contributed by atoms with E-state index in [9.17, 15) is 24.3 Å². The highest BCUT2D eigenvalue weighted by Crippen LogP contribution is 2.45. The zero-order chi connectivity index (χ0) is 34.1. The highest BCUT2D eigenvalue weighted by molar-refractivity contribution is 7.17. The fourth-order valence-electron chi connectivity index (χ4n) is 7.24. The third-order valence-corrected chi connectivity index (χ3v) is 11.0. The molecule has 0 bridgehead atoms. The van der Waals surface area contributed by atoms with E-state index in [-0.39, 0.29) is 31.4 Å². The van der Waals surface area contributed by atoms with Crippen molar-refractivity contribution in [2.75, 3.05) is 6.54 Å². The van der Waals surface area contributed by atoms with Crippen molar-refractivity contribution in [1.82, 2.24) is 35.1 Å². The van der Waals surface area contributed by atoms with Crippen LogP contribution in [-0.4, -0.2) is 89.8 Å². The number of aryl methyl sites for hydroxylation is 1. The van der Waals surface area contributed by atoms with E-state index in [1.807, 2.05) is 30.6 Å². The van der Waals surface area contributed by atoms with Gasteiger partial charge in [-0.15, -0.1) is 11.3 Å². The average Bonchev–Trinajstić information content (AvgIpc) is 3.67. The van der Waals surface area contributed by atoms with Gasteiger partial charge >= 0.3 is 12.1 Å². The summed E-state index contributed by atoms with van der Waals surface area (Å²) in [4.78, 5) is 69.0. The number of alkyl carbamates (subject to hydrolysis) is 1. The van der Waals surface area contributed by atoms with Crippen molar-refractivity contribution in [2.45, 2.75) is 100 Å². The highest BCUT2D eigenvalue weighted by atomic mass is 32.1. The molecule has 0 radical (unpaired) electrons. The van der Waals surface area contributed by atoms with Crippen molar-refractivity contribution >= 4 is 45.4 Å². The predicted octanol–water partition coefficient (Wildman–Crippen LogP) is 3.96. The van der Waals surface area contributed by atoms with Gasteiger partial charge in [-0.1, -0.05) is 25.0 Å². The summed E-state index contributed by atoms with van der Waals surface area (Å²) in [6.45, 7) is 0.0325. The number of amides is 3. The second-order valence-corrected chi connectivity index (χ2v) is 14.4. The SMILES string of the molecule is Cn1ccnc1-c1nc(O[C@@H]2C[C@H]3C(=O)N[C@]4(C(=O)O)C[C@H]4C=CCCCCC[C@H](NC(=O)OC4CCCC4)C(=O)N3C2)c2sccc2n1. The minimum Gasteiger partial charge on any atom is -0.479 e. The highest BCUT2D eigenvalue weighted by Gasteiger charge is 2.61. The molecule has 3 amide bonds. The number of ether oxygens (including phenoxy) is 2. The molecule has 3 aromatic rings. The summed E-state index contributed by atoms with van der Waals surface area (Å²) in [5, 5.41) is 17.7. The molecular formula is C34H41N7O7S. The standard InChI is InChI=1S/C34H41N7O7S/c1-40-15-14-35-28(40)27-36-23-13-16-49-26(23)30(38-27)47-22-17-25-29(42)39-34(32(44)45)18-20(34)9-5-3-2-4-6-12-24(31(43)41(25)19-22)37-33(46)48-21-10-7-8-11-21/h5,9,13-16,20-22,24-25H,2-4,6-8,10-12,17-19H2,1H3,(H,37,46)(H,39,42)(H,44,45)/t20-,22-,24+,25+,34-/m1/s1. The van der Waals surface area contributed by atoms with Crippen LogP contribution in [0.5, 0.6) is 5.88 Å². The van der Waals surface area contributed by atoms with Crippen molar-refractivity contribution in [3.8, 4) is 17.5 Å². The number of carboxylic acid groups (broad SMARTS) is 1. The lowest BCUT2D eigenvalue weighted by Crippen LogP contribution is -2.56. The zero-order valence-electron chi connectivity index (χ0n) is 27.4. The van der Waals surface area contributed by atoms with Gasteiger partial charge < -0.3 is 34.7 Å². The number of carboxylic acids is 1. The van der Waals surface area contributed by atoms with E-state index in [4.69, 9.17) is 14.5 Å². The third kappa shape index (κ3) is 6.85. The van der Waals surface area contributed by atoms with E-state index in [0.717, 1.165) is 44.9 Å². The maximum atomic E-state index is 14.4. The lowest BCUT2D eigenvalue weighted by atomic mass is 10.0. The fourth-order valence-corrected chi connectivity index (χ4v) is 8.00. The Kier molecular flexibility index (Phi) is 9.27. The molecular weight excluding hydrogens is 650 g/mol. The smallest absolute Gasteiger partial charge is 0.408 e. The van der Waals surface area contributed by atoms with Crippen LogP contribution in [0.25, 0.3) is 21.9 Å². The lowest BCUT2D eigenvalue weighted by Gasteiger charge is -2.29. The number of nitrogens with one attached hydrogen (secondary N) is 2. The molecule has 3 fully saturated rings. The second kappa shape index (κ2) is 13.8. The maximum Gasteiger partial charge on any atom is 0.408 e. The number of nitrogens with zero attached hydrogens (tertiary/aromatic N) is 5. The molecule has 2 saturated carbocycles. The minimum absolute atomic E-state index is 0.0325. The molecule has 7 rings (SSSR count). The molecule has 0 aromatic carbocycles. The fraction of sp³-hybridized carbons (Fsp3) is 0.559. The van der Waals surface area contributed by atoms with E-state index in [2.05, 4.69) is 20.6 Å². The number of hydrogen-bond donors (Lipinski definition) is 3. The van der Waals surface area contributed by atoms with Gasteiger partial charge in [0.15, 0.2) is 11.6 Å². The van der Waals surface area contributed by atoms with Crippen LogP contribution in [-0.2, 0) is 26.2 Å². The lowest BCUT2D eigenvalue weighted by molar-refractivity contribution is -0.145. The van der Waals surface area contributed by atoms with Crippen LogP contribution >= 0.6 is 11.3 Å². The first-order valence-electron chi connectivity index (χ1n) is 17.1. The topological polar surface area (TPSA) is 178 Å². The monoisotopic (exact) mass is 691 g/mol. The maximum absolute atomic E-state index is 14.4. The van der Waals surface area contributed by atoms with Gasteiger partial charge in [-0.05, 0) is 62.8 Å². The molecule has 2 aliphatic carbocycles. The first-order chi connectivity index (χ1) is 23.7. The van der Waals surface area contributed by atoms with Crippen LogP contribution < -0.4 is 15.4 Å². The van der Waals surface area contributed by atoms with Crippen LogP contribution in [0.15, 0.2) is 36.0 Å². The molecule has 5 atom stereocenters. The number of aromatic nitrogens is 4. The average molecular weight is 692 g/mol. The Morgan fingerprint density at radius 3 is 2.69 bits per heavy atom. The van der Waals surface area contributed by atoms with Crippen molar-refractivity contribution in [3.63, 3.8) is 0 Å². The first-order valence-corrected chi connectivity index (χ1v) is 18.0. The Bertz CT molecular complexity index is 1770. The summed E-state index contributed by atoms with van der Waals surface area (Å²) in [6.07, 6.45) is 13.2. The van der Waals surface area contributed by atoms with Crippen molar-refractivity contribution in [3.05, 3.63) is 36.0 Å². The Hall–Kier alpha value is -4.53. The quantitative estimate of drug-likeness (QED) is 0.321. The molecule has 14 nitrogen and oxygen atoms in total. The molecule has 5 heterocycles. The summed E-state index contributed by atoms with van der Waals surface area (Å²) in [5.41, 5.74) is -0.757. The molecule has 49 heavy (non-hydrogen) atoms. The van der Waals surface area contributed by atoms with Crippen molar-refractivity contribution < 1.29 is 33.8 Å². The summed E-state index contributed by atoms with van der Waals surface area (Å²) < 4.78 is 14.6. The summed E-state index contributed by atoms with van der Waals surface area (Å²) in [5.74, 6) is -1.22. The van der Waals surface area contributed by atoms with Gasteiger partial charge in [0.25, 0.3) is 0 Å². The van der Waals surface area contributed by atoms with Gasteiger partial charge in [-0.3, -0.25) is 9.59 Å². The van der Waals surface area contributed by atoms with Gasteiger partial charge in [0, 0.05) is 31.8 Å². The Labute approximate surface area is 287 Å². The number of hydrogen-bond acceptors (Lipinski definition) is 10. The van der Waals surface area contributed by atoms with Gasteiger partial charge in [0.05, 0.1) is 12.1 Å². The molecule has 4 aliphatic rings. The molecule has 1 saturated heterocycles. The number of thiophene rings is 1. The summed E-state index contributed by atoms with van der Waals surface area (Å²) in [7, 11) is 1.84. The molecule has 0 spiro atoms.